The van der Waals surface area contributed by atoms with E-state index in [-0.39, 0.29) is 113 Å². The molecule has 85 heavy (non-hydrogen) atoms. The number of aromatic nitrogens is 2. The number of likely N-dealkylation sites (tertiary alicyclic amines) is 1. The highest BCUT2D eigenvalue weighted by molar-refractivity contribution is 6.00. The number of esters is 1. The Bertz CT molecular complexity index is 3490. The van der Waals surface area contributed by atoms with Gasteiger partial charge in [-0.3, -0.25) is 28.8 Å². The van der Waals surface area contributed by atoms with Crippen molar-refractivity contribution in [3.63, 3.8) is 0 Å². The van der Waals surface area contributed by atoms with Crippen molar-refractivity contribution in [3.8, 4) is 11.4 Å². The van der Waals surface area contributed by atoms with Gasteiger partial charge in [-0.25, -0.2) is 14.2 Å². The molecule has 10 rings (SSSR count). The number of nitrogens with zero attached hydrogens (tertiary/aromatic N) is 4. The average molecular weight is 1170 g/mol. The maximum Gasteiger partial charge on any atom is 0.343 e. The molecule has 21 nitrogen and oxygen atoms in total. The second kappa shape index (κ2) is 27.1. The Morgan fingerprint density at radius 2 is 1.52 bits per heavy atom. The van der Waals surface area contributed by atoms with Crippen LogP contribution in [0.15, 0.2) is 65.5 Å². The summed E-state index contributed by atoms with van der Waals surface area (Å²) in [6.07, 6.45) is 3.52. The molecule has 6 heterocycles. The Morgan fingerprint density at radius 1 is 0.800 bits per heavy atom. The molecular weight excluding hydrogens is 1100 g/mol. The molecule has 5 aliphatic rings. The first kappa shape index (κ1) is 60.4. The van der Waals surface area contributed by atoms with Crippen molar-refractivity contribution in [1.82, 2.24) is 30.4 Å². The van der Waals surface area contributed by atoms with Gasteiger partial charge in [-0.1, -0.05) is 49.4 Å². The van der Waals surface area contributed by atoms with Crippen LogP contribution in [0.4, 0.5) is 10.1 Å². The number of carbonyl (C=O) groups excluding carboxylic acids is 6. The number of halogens is 1. The number of hydrogen-bond donors (Lipinski definition) is 4. The number of allylic oxidation sites excluding steroid dienone is 1. The first-order chi connectivity index (χ1) is 41.1. The Balaban J connectivity index is 0.579. The van der Waals surface area contributed by atoms with E-state index in [1.807, 2.05) is 42.5 Å². The molecule has 1 aliphatic carbocycles. The van der Waals surface area contributed by atoms with Gasteiger partial charge in [-0.05, 0) is 103 Å². The zero-order valence-corrected chi connectivity index (χ0v) is 48.2. The van der Waals surface area contributed by atoms with Crippen LogP contribution in [0.3, 0.4) is 0 Å². The van der Waals surface area contributed by atoms with Crippen molar-refractivity contribution in [1.29, 1.82) is 0 Å². The van der Waals surface area contributed by atoms with Crippen molar-refractivity contribution in [3.05, 3.63) is 127 Å². The van der Waals surface area contributed by atoms with Crippen LogP contribution in [0.5, 0.6) is 0 Å². The zero-order valence-electron chi connectivity index (χ0n) is 48.2. The Hall–Kier alpha value is -7.73. The molecule has 1 fully saturated rings. The molecule has 450 valence electrons. The van der Waals surface area contributed by atoms with Gasteiger partial charge < -0.3 is 63.8 Å². The van der Waals surface area contributed by atoms with Crippen molar-refractivity contribution < 1.29 is 66.7 Å². The number of hydrogen-bond acceptors (Lipinski definition) is 15. The number of aliphatic hydroxyl groups is 1. The van der Waals surface area contributed by atoms with Gasteiger partial charge in [0, 0.05) is 54.9 Å². The topological polar surface area (TPSA) is 255 Å². The van der Waals surface area contributed by atoms with Gasteiger partial charge in [0.25, 0.3) is 5.56 Å². The van der Waals surface area contributed by atoms with Crippen molar-refractivity contribution in [2.24, 2.45) is 0 Å². The first-order valence-electron chi connectivity index (χ1n) is 29.2. The summed E-state index contributed by atoms with van der Waals surface area (Å²) in [5, 5.41) is 20.7. The van der Waals surface area contributed by atoms with Crippen LogP contribution in [0.25, 0.3) is 33.9 Å². The van der Waals surface area contributed by atoms with Crippen LogP contribution in [0.2, 0.25) is 0 Å². The van der Waals surface area contributed by atoms with Gasteiger partial charge >= 0.3 is 5.97 Å². The molecule has 2 aromatic heterocycles. The lowest BCUT2D eigenvalue weighted by Crippen LogP contribution is -2.44. The minimum Gasteiger partial charge on any atom is -0.458 e. The van der Waals surface area contributed by atoms with Crippen molar-refractivity contribution in [2.75, 3.05) is 84.0 Å². The Labute approximate surface area is 491 Å². The maximum atomic E-state index is 15.4. The largest absolute Gasteiger partial charge is 0.458 e. The summed E-state index contributed by atoms with van der Waals surface area (Å²) in [6.45, 7) is 7.93. The monoisotopic (exact) mass is 1170 g/mol. The maximum absolute atomic E-state index is 15.4. The highest BCUT2D eigenvalue weighted by atomic mass is 19.1. The summed E-state index contributed by atoms with van der Waals surface area (Å²) < 4.78 is 50.4. The third-order valence-corrected chi connectivity index (χ3v) is 16.5. The standard InChI is InChI=1S/C63H72FN7O14/c1-4-63(79)46-31-51-60-44(35-71(51)61(77)45(46)36-85-62(63)78)59-48(16-15-43-39(3)47(64)32-49(68-60)58(43)59)67-54(74)37-84-57-14-9-21-69(57)56(76)33-66-53(73)19-22-80-24-26-82-28-29-83-27-25-81-23-20-65-52(72)17-18-55(75)70-34-41-11-5-7-12-42(41)38(2)30-40-10-6-8-13-50(40)70/h5-8,10-13,30-32,48,57,79H,4,9,14-29,33-37H2,1-3H3,(H,65,72)(H,66,73)(H,67,74)/b38-30-/t48-,57?,63-/m0/s1. The van der Waals surface area contributed by atoms with Crippen molar-refractivity contribution >= 4 is 63.7 Å². The number of aryl methyl sites for hydroxylation is 1. The van der Waals surface area contributed by atoms with E-state index in [0.29, 0.717) is 111 Å². The van der Waals surface area contributed by atoms with Crippen LogP contribution >= 0.6 is 0 Å². The van der Waals surface area contributed by atoms with E-state index in [1.165, 1.54) is 15.5 Å². The molecule has 22 heteroatoms. The summed E-state index contributed by atoms with van der Waals surface area (Å²) in [7, 11) is 0. The molecule has 0 saturated carbocycles. The smallest absolute Gasteiger partial charge is 0.343 e. The third-order valence-electron chi connectivity index (χ3n) is 16.5. The van der Waals surface area contributed by atoms with E-state index in [1.54, 1.807) is 24.8 Å². The molecule has 0 radical (unpaired) electrons. The van der Waals surface area contributed by atoms with Gasteiger partial charge in [-0.15, -0.1) is 0 Å². The summed E-state index contributed by atoms with van der Waals surface area (Å²) in [6, 6.07) is 18.2. The minimum absolute atomic E-state index is 0.0258. The molecule has 3 atom stereocenters. The Morgan fingerprint density at radius 3 is 2.29 bits per heavy atom. The van der Waals surface area contributed by atoms with Gasteiger partial charge in [0.1, 0.15) is 25.3 Å². The summed E-state index contributed by atoms with van der Waals surface area (Å²) in [5.74, 6) is -2.81. The fourth-order valence-electron chi connectivity index (χ4n) is 12.0. The van der Waals surface area contributed by atoms with E-state index in [0.717, 1.165) is 33.5 Å². The van der Waals surface area contributed by atoms with Gasteiger partial charge in [0.2, 0.25) is 29.5 Å². The highest BCUT2D eigenvalue weighted by Gasteiger charge is 2.46. The molecule has 1 saturated heterocycles. The van der Waals surface area contributed by atoms with E-state index in [2.05, 4.69) is 35.0 Å². The number of anilines is 1. The van der Waals surface area contributed by atoms with E-state index < -0.39 is 41.1 Å². The number of para-hydroxylation sites is 1. The number of rotatable bonds is 25. The number of cyclic esters (lactones) is 1. The molecule has 4 N–H and O–H groups in total. The lowest BCUT2D eigenvalue weighted by atomic mass is 9.81. The predicted molar refractivity (Wildman–Crippen MR) is 310 cm³/mol. The number of pyridine rings is 2. The van der Waals surface area contributed by atoms with Gasteiger partial charge in [0.15, 0.2) is 5.60 Å². The summed E-state index contributed by atoms with van der Waals surface area (Å²) >= 11 is 0. The number of benzene rings is 3. The number of carbonyl (C=O) groups is 6. The number of nitrogens with one attached hydrogen (secondary N) is 3. The Kier molecular flexibility index (Phi) is 19.3. The summed E-state index contributed by atoms with van der Waals surface area (Å²) in [4.78, 5) is 101. The molecule has 4 aliphatic heterocycles. The minimum atomic E-state index is -2.03. The first-order valence-corrected chi connectivity index (χ1v) is 29.2. The SMILES string of the molecule is CC[C@@]1(O)C(=O)OCc2c1cc1n(c2=O)Cc2c-1nc1cc(F)c(C)c3c1c2[C@@H](NC(=O)COC1CCCN1C(=O)CNC(=O)CCOCCOCCOCCOCCNC(=O)CCC(=O)N1Cc2ccccc2/C(C)=C\c2ccccc21)CC3. The molecule has 5 amide bonds. The third kappa shape index (κ3) is 13.2. The van der Waals surface area contributed by atoms with E-state index >= 15 is 4.39 Å². The summed E-state index contributed by atoms with van der Waals surface area (Å²) in [5.41, 5.74) is 6.62. The fourth-order valence-corrected chi connectivity index (χ4v) is 12.0. The molecular formula is C63H72FN7O14. The van der Waals surface area contributed by atoms with E-state index in [9.17, 15) is 38.7 Å². The van der Waals surface area contributed by atoms with Crippen LogP contribution in [0.1, 0.15) is 115 Å². The normalized spacial score (nSPS) is 18.9. The number of amides is 5. The molecule has 5 aromatic rings. The number of fused-ring (bicyclic) bond motifs is 7. The highest BCUT2D eigenvalue weighted by Crippen LogP contribution is 2.46. The van der Waals surface area contributed by atoms with E-state index in [4.69, 9.17) is 33.4 Å². The zero-order chi connectivity index (χ0) is 59.8. The van der Waals surface area contributed by atoms with Gasteiger partial charge in [-0.2, -0.15) is 0 Å². The van der Waals surface area contributed by atoms with Crippen LogP contribution in [-0.4, -0.2) is 140 Å². The van der Waals surface area contributed by atoms with Crippen LogP contribution in [-0.2, 0) is 88.9 Å². The van der Waals surface area contributed by atoms with Gasteiger partial charge in [0.05, 0.1) is 107 Å². The molecule has 0 bridgehead atoms. The van der Waals surface area contributed by atoms with Crippen LogP contribution < -0.4 is 26.4 Å². The number of ether oxygens (including phenoxy) is 6. The average Bonchev–Trinajstić information content (AvgIpc) is 2.00. The predicted octanol–water partition coefficient (Wildman–Crippen LogP) is 5.17. The molecule has 0 spiro atoms. The molecule has 3 aromatic carbocycles. The second-order valence-corrected chi connectivity index (χ2v) is 21.8. The van der Waals surface area contributed by atoms with Crippen LogP contribution in [0, 0.1) is 12.7 Å². The quantitative estimate of drug-likeness (QED) is 0.0426. The molecule has 1 unspecified atom stereocenters. The fraction of sp³-hybridized carbons (Fsp3) is 0.460. The van der Waals surface area contributed by atoms with Crippen molar-refractivity contribution in [2.45, 2.75) is 110 Å². The lowest BCUT2D eigenvalue weighted by molar-refractivity contribution is -0.172. The second-order valence-electron chi connectivity index (χ2n) is 21.8. The lowest BCUT2D eigenvalue weighted by Gasteiger charge is -2.31.